The lowest BCUT2D eigenvalue weighted by atomic mass is 10.1. The molecule has 0 radical (unpaired) electrons. The van der Waals surface area contributed by atoms with Gasteiger partial charge in [-0.1, -0.05) is 12.1 Å². The van der Waals surface area contributed by atoms with E-state index in [9.17, 15) is 24.1 Å². The summed E-state index contributed by atoms with van der Waals surface area (Å²) in [6.07, 6.45) is -0.656. The second-order valence-corrected chi connectivity index (χ2v) is 5.20. The molecule has 21 heavy (non-hydrogen) atoms. The summed E-state index contributed by atoms with van der Waals surface area (Å²) in [5.41, 5.74) is -1.87. The van der Waals surface area contributed by atoms with Crippen LogP contribution in [0, 0.1) is 15.9 Å². The van der Waals surface area contributed by atoms with Crippen molar-refractivity contribution in [1.82, 2.24) is 5.32 Å². The van der Waals surface area contributed by atoms with E-state index in [-0.39, 0.29) is 11.8 Å². The van der Waals surface area contributed by atoms with Crippen molar-refractivity contribution in [3.8, 4) is 0 Å². The zero-order chi connectivity index (χ0) is 16.2. The number of carbonyl (C=O) groups is 2. The topological polar surface area (TPSA) is 98.5 Å². The Morgan fingerprint density at radius 3 is 2.57 bits per heavy atom. The molecule has 7 nitrogen and oxygen atoms in total. The average Bonchev–Trinajstić information content (AvgIpc) is 2.34. The molecule has 0 saturated carbocycles. The number of amides is 1. The second-order valence-electron chi connectivity index (χ2n) is 5.20. The normalized spacial score (nSPS) is 12.4. The first-order chi connectivity index (χ1) is 9.65. The molecule has 0 saturated heterocycles. The Bertz CT molecular complexity index is 568. The zero-order valence-corrected chi connectivity index (χ0v) is 11.8. The summed E-state index contributed by atoms with van der Waals surface area (Å²) in [7, 11) is 0. The number of nitro groups is 1. The van der Waals surface area contributed by atoms with Gasteiger partial charge < -0.3 is 14.8 Å². The number of nitrogens with zero attached hydrogens (tertiary/aromatic N) is 1. The Morgan fingerprint density at radius 1 is 1.48 bits per heavy atom. The van der Waals surface area contributed by atoms with Gasteiger partial charge in [0.2, 0.25) is 5.82 Å². The lowest BCUT2D eigenvalue weighted by Crippen LogP contribution is -2.35. The van der Waals surface area contributed by atoms with E-state index >= 15 is 0 Å². The lowest BCUT2D eigenvalue weighted by molar-refractivity contribution is -0.387. The second kappa shape index (κ2) is 6.29. The third-order valence-electron chi connectivity index (χ3n) is 2.35. The van der Waals surface area contributed by atoms with Crippen LogP contribution in [0.5, 0.6) is 0 Å². The highest BCUT2D eigenvalue weighted by molar-refractivity contribution is 5.75. The predicted molar refractivity (Wildman–Crippen MR) is 71.2 cm³/mol. The van der Waals surface area contributed by atoms with Crippen LogP contribution >= 0.6 is 0 Å². The standard InChI is InChI=1S/C13H15FN2O5/c1-13(2,3)21-12(18)15-9(7-17)8-5-4-6-10(11(8)14)16(19)20/h4-7,9H,1-3H3,(H,15,18). The molecular formula is C13H15FN2O5. The number of rotatable bonds is 4. The van der Waals surface area contributed by atoms with Crippen LogP contribution < -0.4 is 5.32 Å². The van der Waals surface area contributed by atoms with E-state index in [0.29, 0.717) is 0 Å². The van der Waals surface area contributed by atoms with Crippen molar-refractivity contribution in [1.29, 1.82) is 0 Å². The van der Waals surface area contributed by atoms with Crippen molar-refractivity contribution in [2.75, 3.05) is 0 Å². The molecule has 8 heteroatoms. The molecule has 0 aliphatic heterocycles. The van der Waals surface area contributed by atoms with Crippen molar-refractivity contribution in [2.24, 2.45) is 0 Å². The maximum atomic E-state index is 14.0. The number of nitrogens with one attached hydrogen (secondary N) is 1. The van der Waals surface area contributed by atoms with E-state index in [1.165, 1.54) is 12.1 Å². The molecule has 1 amide bonds. The Balaban J connectivity index is 3.01. The number of nitro benzene ring substituents is 1. The molecule has 0 spiro atoms. The van der Waals surface area contributed by atoms with Crippen molar-refractivity contribution in [2.45, 2.75) is 32.4 Å². The van der Waals surface area contributed by atoms with E-state index in [1.54, 1.807) is 20.8 Å². The van der Waals surface area contributed by atoms with E-state index < -0.39 is 34.2 Å². The molecule has 1 aromatic rings. The van der Waals surface area contributed by atoms with Crippen molar-refractivity contribution in [3.05, 3.63) is 39.7 Å². The van der Waals surface area contributed by atoms with Gasteiger partial charge in [0.15, 0.2) is 0 Å². The van der Waals surface area contributed by atoms with Crippen LogP contribution in [-0.4, -0.2) is 22.9 Å². The number of hydrogen-bond donors (Lipinski definition) is 1. The van der Waals surface area contributed by atoms with Crippen molar-refractivity contribution < 1.29 is 23.6 Å². The van der Waals surface area contributed by atoms with Crippen molar-refractivity contribution in [3.63, 3.8) is 0 Å². The number of benzene rings is 1. The van der Waals surface area contributed by atoms with E-state index in [4.69, 9.17) is 4.74 Å². The molecule has 114 valence electrons. The van der Waals surface area contributed by atoms with E-state index in [2.05, 4.69) is 5.32 Å². The first kappa shape index (κ1) is 16.5. The number of halogens is 1. The number of hydrogen-bond acceptors (Lipinski definition) is 5. The summed E-state index contributed by atoms with van der Waals surface area (Å²) in [4.78, 5) is 32.4. The highest BCUT2D eigenvalue weighted by Gasteiger charge is 2.26. The number of ether oxygens (including phenoxy) is 1. The van der Waals surface area contributed by atoms with Crippen LogP contribution in [0.1, 0.15) is 32.4 Å². The fourth-order valence-corrected chi connectivity index (χ4v) is 1.54. The molecule has 0 aliphatic rings. The lowest BCUT2D eigenvalue weighted by Gasteiger charge is -2.21. The van der Waals surface area contributed by atoms with Gasteiger partial charge in [0, 0.05) is 11.6 Å². The minimum Gasteiger partial charge on any atom is -0.444 e. The van der Waals surface area contributed by atoms with Crippen LogP contribution in [0.4, 0.5) is 14.9 Å². The van der Waals surface area contributed by atoms with Gasteiger partial charge >= 0.3 is 11.8 Å². The molecule has 1 aromatic carbocycles. The molecule has 0 heterocycles. The maximum Gasteiger partial charge on any atom is 0.408 e. The largest absolute Gasteiger partial charge is 0.444 e. The molecular weight excluding hydrogens is 283 g/mol. The SMILES string of the molecule is CC(C)(C)OC(=O)NC(C=O)c1cccc([N+](=O)[O-])c1F. The third-order valence-corrected chi connectivity index (χ3v) is 2.35. The first-order valence-corrected chi connectivity index (χ1v) is 6.03. The van der Waals surface area contributed by atoms with Gasteiger partial charge in [0.1, 0.15) is 17.9 Å². The number of carbonyl (C=O) groups excluding carboxylic acids is 2. The van der Waals surface area contributed by atoms with Gasteiger partial charge in [-0.2, -0.15) is 4.39 Å². The molecule has 0 aliphatic carbocycles. The number of aldehydes is 1. The molecule has 0 bridgehead atoms. The molecule has 1 rings (SSSR count). The Morgan fingerprint density at radius 2 is 2.10 bits per heavy atom. The monoisotopic (exact) mass is 298 g/mol. The van der Waals surface area contributed by atoms with Crippen LogP contribution in [0.3, 0.4) is 0 Å². The fourth-order valence-electron chi connectivity index (χ4n) is 1.54. The van der Waals surface area contributed by atoms with Crippen LogP contribution in [-0.2, 0) is 9.53 Å². The smallest absolute Gasteiger partial charge is 0.408 e. The average molecular weight is 298 g/mol. The quantitative estimate of drug-likeness (QED) is 0.523. The highest BCUT2D eigenvalue weighted by atomic mass is 19.1. The highest BCUT2D eigenvalue weighted by Crippen LogP contribution is 2.24. The van der Waals surface area contributed by atoms with Gasteiger partial charge in [-0.05, 0) is 20.8 Å². The van der Waals surface area contributed by atoms with E-state index in [0.717, 1.165) is 6.07 Å². The van der Waals surface area contributed by atoms with Gasteiger partial charge in [0.05, 0.1) is 4.92 Å². The Labute approximate surface area is 120 Å². The summed E-state index contributed by atoms with van der Waals surface area (Å²) in [6.45, 7) is 4.86. The molecule has 1 N–H and O–H groups in total. The summed E-state index contributed by atoms with van der Waals surface area (Å²) in [6, 6.07) is 2.00. The summed E-state index contributed by atoms with van der Waals surface area (Å²) >= 11 is 0. The van der Waals surface area contributed by atoms with Gasteiger partial charge in [-0.15, -0.1) is 0 Å². The summed E-state index contributed by atoms with van der Waals surface area (Å²) < 4.78 is 18.9. The van der Waals surface area contributed by atoms with Gasteiger partial charge in [-0.3, -0.25) is 10.1 Å². The van der Waals surface area contributed by atoms with Crippen LogP contribution in [0.15, 0.2) is 18.2 Å². The minimum atomic E-state index is -1.38. The Kier molecular flexibility index (Phi) is 4.96. The molecule has 1 atom stereocenters. The maximum absolute atomic E-state index is 14.0. The third kappa shape index (κ3) is 4.51. The molecule has 0 aromatic heterocycles. The van der Waals surface area contributed by atoms with Crippen LogP contribution in [0.2, 0.25) is 0 Å². The van der Waals surface area contributed by atoms with Gasteiger partial charge in [0.25, 0.3) is 0 Å². The molecule has 0 fully saturated rings. The molecule has 1 unspecified atom stereocenters. The minimum absolute atomic E-state index is 0.270. The first-order valence-electron chi connectivity index (χ1n) is 6.03. The fraction of sp³-hybridized carbons (Fsp3) is 0.385. The number of alkyl carbamates (subject to hydrolysis) is 1. The zero-order valence-electron chi connectivity index (χ0n) is 11.8. The predicted octanol–water partition coefficient (Wildman–Crippen LogP) is 2.50. The summed E-state index contributed by atoms with van der Waals surface area (Å²) in [5, 5.41) is 12.8. The summed E-state index contributed by atoms with van der Waals surface area (Å²) in [5.74, 6) is -1.17. The van der Waals surface area contributed by atoms with Crippen LogP contribution in [0.25, 0.3) is 0 Å². The Hall–Kier alpha value is -2.51. The van der Waals surface area contributed by atoms with Crippen molar-refractivity contribution >= 4 is 18.1 Å². The van der Waals surface area contributed by atoms with E-state index in [1.807, 2.05) is 0 Å². The van der Waals surface area contributed by atoms with Gasteiger partial charge in [-0.25, -0.2) is 4.79 Å².